The summed E-state index contributed by atoms with van der Waals surface area (Å²) in [6.45, 7) is 6.37. The topological polar surface area (TPSA) is 47.0 Å². The van der Waals surface area contributed by atoms with Gasteiger partial charge in [0.25, 0.3) is 0 Å². The number of aryl methyl sites for hydroxylation is 1. The van der Waals surface area contributed by atoms with Gasteiger partial charge in [-0.15, -0.1) is 0 Å². The molecule has 0 amide bonds. The van der Waals surface area contributed by atoms with Gasteiger partial charge in [-0.25, -0.2) is 4.98 Å². The molecule has 0 fully saturated rings. The predicted octanol–water partition coefficient (Wildman–Crippen LogP) is 4.46. The number of rotatable bonds is 5. The van der Waals surface area contributed by atoms with E-state index in [9.17, 15) is 0 Å². The summed E-state index contributed by atoms with van der Waals surface area (Å²) in [7, 11) is 1.84. The van der Waals surface area contributed by atoms with Crippen molar-refractivity contribution in [2.24, 2.45) is 0 Å². The first-order chi connectivity index (χ1) is 10.0. The zero-order valence-corrected chi connectivity index (χ0v) is 13.9. The monoisotopic (exact) mass is 303 g/mol. The first-order valence-corrected chi connectivity index (χ1v) is 8.15. The van der Waals surface area contributed by atoms with Gasteiger partial charge in [0.2, 0.25) is 5.88 Å². The third-order valence-corrected chi connectivity index (χ3v) is 3.67. The molecule has 2 rings (SSSR count). The Hall–Kier alpha value is -1.75. The fraction of sp³-hybridized carbons (Fsp3) is 0.375. The minimum absolute atomic E-state index is 0.395. The van der Waals surface area contributed by atoms with Crippen LogP contribution in [0.1, 0.15) is 30.9 Å². The van der Waals surface area contributed by atoms with E-state index in [1.54, 1.807) is 0 Å². The summed E-state index contributed by atoms with van der Waals surface area (Å²) in [5.74, 6) is 2.57. The second-order valence-corrected chi connectivity index (χ2v) is 5.90. The molecule has 4 nitrogen and oxygen atoms in total. The first-order valence-electron chi connectivity index (χ1n) is 6.92. The summed E-state index contributed by atoms with van der Waals surface area (Å²) < 4.78 is 6.03. The summed E-state index contributed by atoms with van der Waals surface area (Å²) >= 11 is 1.49. The molecule has 1 N–H and O–H groups in total. The molecule has 112 valence electrons. The zero-order chi connectivity index (χ0) is 15.4. The van der Waals surface area contributed by atoms with Crippen molar-refractivity contribution in [3.8, 4) is 11.6 Å². The number of nitrogens with zero attached hydrogens (tertiary/aromatic N) is 2. The molecule has 1 aromatic carbocycles. The van der Waals surface area contributed by atoms with Crippen molar-refractivity contribution >= 4 is 17.6 Å². The third-order valence-electron chi connectivity index (χ3n) is 3.13. The molecular formula is C16H21N3OS. The van der Waals surface area contributed by atoms with Crippen LogP contribution in [0.4, 0.5) is 5.82 Å². The Bertz CT molecular complexity index is 607. The van der Waals surface area contributed by atoms with E-state index >= 15 is 0 Å². The van der Waals surface area contributed by atoms with E-state index in [0.717, 1.165) is 11.6 Å². The van der Waals surface area contributed by atoms with Crippen LogP contribution < -0.4 is 10.1 Å². The van der Waals surface area contributed by atoms with Gasteiger partial charge in [-0.05, 0) is 36.3 Å². The number of thioether (sulfide) groups is 1. The Labute approximate surface area is 130 Å². The van der Waals surface area contributed by atoms with E-state index in [1.165, 1.54) is 22.9 Å². The van der Waals surface area contributed by atoms with E-state index in [1.807, 2.05) is 19.4 Å². The average molecular weight is 303 g/mol. The number of benzene rings is 1. The SMILES string of the molecule is CNc1cc(Oc2cc(C)ccc2C(C)C)nc(SC)n1. The van der Waals surface area contributed by atoms with Gasteiger partial charge in [-0.1, -0.05) is 37.7 Å². The van der Waals surface area contributed by atoms with Crippen LogP contribution in [0.25, 0.3) is 0 Å². The van der Waals surface area contributed by atoms with E-state index < -0.39 is 0 Å². The van der Waals surface area contributed by atoms with Crippen molar-refractivity contribution < 1.29 is 4.74 Å². The minimum Gasteiger partial charge on any atom is -0.439 e. The number of ether oxygens (including phenoxy) is 1. The maximum atomic E-state index is 6.03. The lowest BCUT2D eigenvalue weighted by Crippen LogP contribution is -2.00. The standard InChI is InChI=1S/C16H21N3OS/c1-10(2)12-7-6-11(3)8-13(12)20-15-9-14(17-4)18-16(19-15)21-5/h6-10H,1-5H3,(H,17,18,19). The maximum Gasteiger partial charge on any atom is 0.225 e. The van der Waals surface area contributed by atoms with Crippen molar-refractivity contribution in [3.63, 3.8) is 0 Å². The van der Waals surface area contributed by atoms with Crippen LogP contribution >= 0.6 is 11.8 Å². The van der Waals surface area contributed by atoms with Gasteiger partial charge in [0.15, 0.2) is 5.16 Å². The van der Waals surface area contributed by atoms with Crippen molar-refractivity contribution in [2.75, 3.05) is 18.6 Å². The minimum atomic E-state index is 0.395. The van der Waals surface area contributed by atoms with E-state index in [4.69, 9.17) is 4.74 Å². The van der Waals surface area contributed by atoms with Gasteiger partial charge >= 0.3 is 0 Å². The molecular weight excluding hydrogens is 282 g/mol. The first kappa shape index (κ1) is 15.6. The van der Waals surface area contributed by atoms with E-state index in [0.29, 0.717) is 17.0 Å². The van der Waals surface area contributed by atoms with Crippen molar-refractivity contribution in [1.82, 2.24) is 9.97 Å². The highest BCUT2D eigenvalue weighted by molar-refractivity contribution is 7.98. The Kier molecular flexibility index (Phi) is 5.07. The lowest BCUT2D eigenvalue weighted by atomic mass is 10.0. The van der Waals surface area contributed by atoms with Crippen LogP contribution in [0, 0.1) is 6.92 Å². The Morgan fingerprint density at radius 3 is 2.57 bits per heavy atom. The van der Waals surface area contributed by atoms with Gasteiger partial charge in [0, 0.05) is 13.1 Å². The Morgan fingerprint density at radius 2 is 1.95 bits per heavy atom. The zero-order valence-electron chi connectivity index (χ0n) is 13.1. The summed E-state index contributed by atoms with van der Waals surface area (Å²) in [5, 5.41) is 3.72. The number of hydrogen-bond donors (Lipinski definition) is 1. The molecule has 0 atom stereocenters. The van der Waals surface area contributed by atoms with Crippen LogP contribution in [0.5, 0.6) is 11.6 Å². The molecule has 5 heteroatoms. The lowest BCUT2D eigenvalue weighted by Gasteiger charge is -2.14. The van der Waals surface area contributed by atoms with Crippen LogP contribution in [-0.4, -0.2) is 23.3 Å². The Balaban J connectivity index is 2.39. The van der Waals surface area contributed by atoms with Gasteiger partial charge in [0.1, 0.15) is 11.6 Å². The molecule has 0 saturated heterocycles. The van der Waals surface area contributed by atoms with Gasteiger partial charge in [0.05, 0.1) is 0 Å². The van der Waals surface area contributed by atoms with Gasteiger partial charge < -0.3 is 10.1 Å². The summed E-state index contributed by atoms with van der Waals surface area (Å²) in [4.78, 5) is 8.76. The van der Waals surface area contributed by atoms with Crippen molar-refractivity contribution in [1.29, 1.82) is 0 Å². The molecule has 0 aliphatic carbocycles. The quantitative estimate of drug-likeness (QED) is 0.652. The molecule has 1 aromatic heterocycles. The molecule has 0 radical (unpaired) electrons. The maximum absolute atomic E-state index is 6.03. The highest BCUT2D eigenvalue weighted by Gasteiger charge is 2.11. The highest BCUT2D eigenvalue weighted by Crippen LogP contribution is 2.31. The van der Waals surface area contributed by atoms with Gasteiger partial charge in [-0.3, -0.25) is 0 Å². The fourth-order valence-corrected chi connectivity index (χ4v) is 2.37. The lowest BCUT2D eigenvalue weighted by molar-refractivity contribution is 0.447. The summed E-state index contributed by atoms with van der Waals surface area (Å²) in [5.41, 5.74) is 2.35. The highest BCUT2D eigenvalue weighted by atomic mass is 32.2. The molecule has 0 spiro atoms. The van der Waals surface area contributed by atoms with Crippen molar-refractivity contribution in [2.45, 2.75) is 31.8 Å². The third kappa shape index (κ3) is 3.88. The molecule has 2 aromatic rings. The van der Waals surface area contributed by atoms with Gasteiger partial charge in [-0.2, -0.15) is 4.98 Å². The number of anilines is 1. The smallest absolute Gasteiger partial charge is 0.225 e. The van der Waals surface area contributed by atoms with E-state index in [2.05, 4.69) is 54.3 Å². The molecule has 0 aliphatic rings. The van der Waals surface area contributed by atoms with Crippen LogP contribution in [0.2, 0.25) is 0 Å². The second kappa shape index (κ2) is 6.80. The molecule has 1 heterocycles. The number of aromatic nitrogens is 2. The number of hydrogen-bond acceptors (Lipinski definition) is 5. The molecule has 0 saturated carbocycles. The molecule has 0 unspecified atom stereocenters. The Morgan fingerprint density at radius 1 is 1.19 bits per heavy atom. The van der Waals surface area contributed by atoms with Crippen LogP contribution in [0.3, 0.4) is 0 Å². The normalized spacial score (nSPS) is 10.8. The largest absolute Gasteiger partial charge is 0.439 e. The second-order valence-electron chi connectivity index (χ2n) is 5.13. The van der Waals surface area contributed by atoms with Crippen molar-refractivity contribution in [3.05, 3.63) is 35.4 Å². The fourth-order valence-electron chi connectivity index (χ4n) is 2.00. The molecule has 0 aliphatic heterocycles. The van der Waals surface area contributed by atoms with Crippen LogP contribution in [-0.2, 0) is 0 Å². The predicted molar refractivity (Wildman–Crippen MR) is 88.7 cm³/mol. The average Bonchev–Trinajstić information content (AvgIpc) is 2.46. The summed E-state index contributed by atoms with van der Waals surface area (Å²) in [6.07, 6.45) is 1.95. The van der Waals surface area contributed by atoms with Crippen LogP contribution in [0.15, 0.2) is 29.4 Å². The van der Waals surface area contributed by atoms with E-state index in [-0.39, 0.29) is 0 Å². The summed E-state index contributed by atoms with van der Waals surface area (Å²) in [6, 6.07) is 8.08. The number of nitrogens with one attached hydrogen (secondary N) is 1. The molecule has 0 bridgehead atoms. The molecule has 21 heavy (non-hydrogen) atoms.